The van der Waals surface area contributed by atoms with Crippen molar-refractivity contribution in [3.8, 4) is 11.5 Å². The zero-order chi connectivity index (χ0) is 13.7. The number of carbonyl (C=O) groups excluding carboxylic acids is 1. The fraction of sp³-hybridized carbons (Fsp3) is 0.0769. The Hall–Kier alpha value is -1.78. The number of pyridine rings is 1. The Morgan fingerprint density at radius 3 is 2.58 bits per heavy atom. The molecule has 0 amide bonds. The van der Waals surface area contributed by atoms with Crippen molar-refractivity contribution in [3.63, 3.8) is 0 Å². The number of benzene rings is 1. The largest absolute Gasteiger partial charge is 0.480 e. The first-order valence-electron chi connectivity index (χ1n) is 5.34. The molecule has 0 atom stereocenters. The molecule has 2 aromatic rings. The van der Waals surface area contributed by atoms with E-state index in [1.165, 1.54) is 18.5 Å². The van der Waals surface area contributed by atoms with Crippen LogP contribution in [0.5, 0.6) is 11.5 Å². The van der Waals surface area contributed by atoms with E-state index in [2.05, 4.69) is 4.98 Å². The van der Waals surface area contributed by atoms with Crippen LogP contribution in [0.2, 0.25) is 10.0 Å². The summed E-state index contributed by atoms with van der Waals surface area (Å²) < 4.78 is 10.3. The third kappa shape index (κ3) is 4.12. The molecule has 1 aromatic carbocycles. The van der Waals surface area contributed by atoms with E-state index >= 15 is 0 Å². The topological polar surface area (TPSA) is 48.4 Å². The van der Waals surface area contributed by atoms with Gasteiger partial charge in [-0.15, -0.1) is 0 Å². The number of ether oxygens (including phenoxy) is 2. The van der Waals surface area contributed by atoms with E-state index < -0.39 is 5.97 Å². The van der Waals surface area contributed by atoms with Gasteiger partial charge in [0, 0.05) is 17.4 Å². The maximum Gasteiger partial charge on any atom is 0.349 e. The van der Waals surface area contributed by atoms with Gasteiger partial charge < -0.3 is 9.47 Å². The summed E-state index contributed by atoms with van der Waals surface area (Å²) in [5.74, 6) is 0.251. The van der Waals surface area contributed by atoms with Crippen LogP contribution in [0, 0.1) is 0 Å². The highest BCUT2D eigenvalue weighted by molar-refractivity contribution is 6.35. The van der Waals surface area contributed by atoms with Gasteiger partial charge in [-0.2, -0.15) is 0 Å². The fourth-order valence-electron chi connectivity index (χ4n) is 1.30. The van der Waals surface area contributed by atoms with Crippen molar-refractivity contribution in [2.24, 2.45) is 0 Å². The smallest absolute Gasteiger partial charge is 0.349 e. The molecule has 0 unspecified atom stereocenters. The molecule has 0 N–H and O–H groups in total. The van der Waals surface area contributed by atoms with Crippen LogP contribution < -0.4 is 9.47 Å². The van der Waals surface area contributed by atoms with Crippen molar-refractivity contribution in [3.05, 3.63) is 52.8 Å². The van der Waals surface area contributed by atoms with Crippen LogP contribution in [-0.2, 0) is 4.79 Å². The Kier molecular flexibility index (Phi) is 4.60. The molecule has 1 aromatic heterocycles. The standard InChI is InChI=1S/C13H9Cl2NO3/c14-9-1-2-12(11(15)7-9)18-8-13(17)19-10-3-5-16-6-4-10/h1-7H,8H2. The van der Waals surface area contributed by atoms with Crippen LogP contribution in [0.4, 0.5) is 0 Å². The quantitative estimate of drug-likeness (QED) is 0.812. The van der Waals surface area contributed by atoms with Crippen LogP contribution in [0.25, 0.3) is 0 Å². The van der Waals surface area contributed by atoms with Crippen LogP contribution in [0.1, 0.15) is 0 Å². The predicted molar refractivity (Wildman–Crippen MR) is 71.8 cm³/mol. The van der Waals surface area contributed by atoms with Crippen molar-refractivity contribution in [2.75, 3.05) is 6.61 Å². The molecule has 0 fully saturated rings. The maximum atomic E-state index is 11.5. The van der Waals surface area contributed by atoms with E-state index in [4.69, 9.17) is 32.7 Å². The Labute approximate surface area is 119 Å². The molecule has 0 aliphatic rings. The Morgan fingerprint density at radius 1 is 1.16 bits per heavy atom. The average Bonchev–Trinajstić information content (AvgIpc) is 2.39. The normalized spacial score (nSPS) is 10.0. The summed E-state index contributed by atoms with van der Waals surface area (Å²) in [6, 6.07) is 7.90. The maximum absolute atomic E-state index is 11.5. The number of rotatable bonds is 4. The van der Waals surface area contributed by atoms with E-state index in [0.717, 1.165) is 0 Å². The van der Waals surface area contributed by atoms with Gasteiger partial charge in [0.2, 0.25) is 0 Å². The second kappa shape index (κ2) is 6.41. The van der Waals surface area contributed by atoms with E-state index in [9.17, 15) is 4.79 Å². The molecule has 1 heterocycles. The highest BCUT2D eigenvalue weighted by Gasteiger charge is 2.08. The highest BCUT2D eigenvalue weighted by atomic mass is 35.5. The molecule has 0 spiro atoms. The minimum atomic E-state index is -0.530. The van der Waals surface area contributed by atoms with Crippen LogP contribution in [0.3, 0.4) is 0 Å². The van der Waals surface area contributed by atoms with E-state index in [0.29, 0.717) is 21.5 Å². The summed E-state index contributed by atoms with van der Waals surface area (Å²) >= 11 is 11.7. The lowest BCUT2D eigenvalue weighted by Crippen LogP contribution is -2.17. The second-order valence-corrected chi connectivity index (χ2v) is 4.36. The molecular formula is C13H9Cl2NO3. The SMILES string of the molecule is O=C(COc1ccc(Cl)cc1Cl)Oc1ccncc1. The number of esters is 1. The number of nitrogens with zero attached hydrogens (tertiary/aromatic N) is 1. The molecule has 19 heavy (non-hydrogen) atoms. The van der Waals surface area contributed by atoms with Gasteiger partial charge in [-0.25, -0.2) is 4.79 Å². The number of halogens is 2. The summed E-state index contributed by atoms with van der Waals surface area (Å²) in [6.07, 6.45) is 3.05. The number of carbonyl (C=O) groups is 1. The van der Waals surface area contributed by atoms with Crippen molar-refractivity contribution in [1.82, 2.24) is 4.98 Å². The van der Waals surface area contributed by atoms with Crippen LogP contribution in [-0.4, -0.2) is 17.6 Å². The minimum absolute atomic E-state index is 0.246. The first-order chi connectivity index (χ1) is 9.15. The van der Waals surface area contributed by atoms with Crippen molar-refractivity contribution in [1.29, 1.82) is 0 Å². The molecule has 2 rings (SSSR count). The summed E-state index contributed by atoms with van der Waals surface area (Å²) in [4.78, 5) is 15.3. The molecule has 0 aliphatic heterocycles. The lowest BCUT2D eigenvalue weighted by Gasteiger charge is -2.08. The number of aromatic nitrogens is 1. The van der Waals surface area contributed by atoms with Crippen molar-refractivity contribution < 1.29 is 14.3 Å². The summed E-state index contributed by atoms with van der Waals surface area (Å²) in [5.41, 5.74) is 0. The molecule has 0 aliphatic carbocycles. The number of hydrogen-bond donors (Lipinski definition) is 0. The van der Waals surface area contributed by atoms with Gasteiger partial charge in [-0.3, -0.25) is 4.98 Å². The third-order valence-corrected chi connectivity index (χ3v) is 2.65. The summed E-state index contributed by atoms with van der Waals surface area (Å²) in [7, 11) is 0. The van der Waals surface area contributed by atoms with Crippen LogP contribution in [0.15, 0.2) is 42.7 Å². The lowest BCUT2D eigenvalue weighted by atomic mass is 10.3. The molecule has 0 saturated heterocycles. The van der Waals surface area contributed by atoms with E-state index in [1.54, 1.807) is 24.3 Å². The zero-order valence-electron chi connectivity index (χ0n) is 9.68. The van der Waals surface area contributed by atoms with Gasteiger partial charge in [-0.1, -0.05) is 23.2 Å². The third-order valence-electron chi connectivity index (χ3n) is 2.12. The minimum Gasteiger partial charge on any atom is -0.480 e. The summed E-state index contributed by atoms with van der Waals surface area (Å²) in [6.45, 7) is -0.246. The average molecular weight is 298 g/mol. The monoisotopic (exact) mass is 297 g/mol. The van der Waals surface area contributed by atoms with Gasteiger partial charge in [-0.05, 0) is 30.3 Å². The molecule has 0 bridgehead atoms. The Balaban J connectivity index is 1.90. The predicted octanol–water partition coefficient (Wildman–Crippen LogP) is 3.37. The molecule has 0 radical (unpaired) electrons. The molecular weight excluding hydrogens is 289 g/mol. The Morgan fingerprint density at radius 2 is 1.89 bits per heavy atom. The van der Waals surface area contributed by atoms with Crippen molar-refractivity contribution in [2.45, 2.75) is 0 Å². The van der Waals surface area contributed by atoms with E-state index in [1.807, 2.05) is 0 Å². The van der Waals surface area contributed by atoms with E-state index in [-0.39, 0.29) is 6.61 Å². The Bertz CT molecular complexity index is 575. The van der Waals surface area contributed by atoms with Gasteiger partial charge in [0.1, 0.15) is 11.5 Å². The van der Waals surface area contributed by atoms with Crippen molar-refractivity contribution >= 4 is 29.2 Å². The molecule has 4 nitrogen and oxygen atoms in total. The van der Waals surface area contributed by atoms with Gasteiger partial charge in [0.15, 0.2) is 6.61 Å². The number of hydrogen-bond acceptors (Lipinski definition) is 4. The van der Waals surface area contributed by atoms with Gasteiger partial charge in [0.25, 0.3) is 0 Å². The first kappa shape index (κ1) is 13.6. The molecule has 98 valence electrons. The van der Waals surface area contributed by atoms with Gasteiger partial charge >= 0.3 is 5.97 Å². The highest BCUT2D eigenvalue weighted by Crippen LogP contribution is 2.27. The fourth-order valence-corrected chi connectivity index (χ4v) is 1.76. The zero-order valence-corrected chi connectivity index (χ0v) is 11.2. The second-order valence-electron chi connectivity index (χ2n) is 3.52. The van der Waals surface area contributed by atoms with Crippen LogP contribution >= 0.6 is 23.2 Å². The lowest BCUT2D eigenvalue weighted by molar-refractivity contribution is -0.136. The van der Waals surface area contributed by atoms with Gasteiger partial charge in [0.05, 0.1) is 5.02 Å². The summed E-state index contributed by atoms with van der Waals surface area (Å²) in [5, 5.41) is 0.834. The first-order valence-corrected chi connectivity index (χ1v) is 6.09. The molecule has 0 saturated carbocycles. The molecule has 6 heteroatoms.